The van der Waals surface area contributed by atoms with Crippen LogP contribution in [0.5, 0.6) is 0 Å². The summed E-state index contributed by atoms with van der Waals surface area (Å²) >= 11 is 0. The minimum absolute atomic E-state index is 0.0232. The number of nitrogens with one attached hydrogen (secondary N) is 1. The lowest BCUT2D eigenvalue weighted by Crippen LogP contribution is -2.41. The normalized spacial score (nSPS) is 24.7. The molecule has 0 spiro atoms. The number of hydrogen-bond acceptors (Lipinski definition) is 3. The Morgan fingerprint density at radius 3 is 2.86 bits per heavy atom. The molecule has 0 aromatic heterocycles. The minimum Gasteiger partial charge on any atom is -0.379 e. The van der Waals surface area contributed by atoms with Crippen LogP contribution in [-0.2, 0) is 9.53 Å². The van der Waals surface area contributed by atoms with E-state index in [-0.39, 0.29) is 11.8 Å². The number of amides is 1. The molecule has 0 aliphatic carbocycles. The van der Waals surface area contributed by atoms with Crippen LogP contribution in [-0.4, -0.2) is 50.2 Å². The lowest BCUT2D eigenvalue weighted by Gasteiger charge is -2.26. The highest BCUT2D eigenvalue weighted by Gasteiger charge is 2.24. The zero-order valence-corrected chi connectivity index (χ0v) is 9.25. The third-order valence-electron chi connectivity index (χ3n) is 2.64. The van der Waals surface area contributed by atoms with Crippen LogP contribution in [0.2, 0.25) is 0 Å². The van der Waals surface area contributed by atoms with E-state index in [1.165, 1.54) is 0 Å². The van der Waals surface area contributed by atoms with E-state index < -0.39 is 0 Å². The zero-order valence-electron chi connectivity index (χ0n) is 9.25. The molecule has 1 rings (SSSR count). The van der Waals surface area contributed by atoms with Gasteiger partial charge in [-0.1, -0.05) is 0 Å². The average molecular weight is 200 g/mol. The fraction of sp³-hybridized carbons (Fsp3) is 0.900. The second-order valence-electron chi connectivity index (χ2n) is 3.97. The minimum atomic E-state index is -0.0232. The van der Waals surface area contributed by atoms with Crippen molar-refractivity contribution in [2.45, 2.75) is 19.9 Å². The van der Waals surface area contributed by atoms with Gasteiger partial charge in [0.1, 0.15) is 0 Å². The topological polar surface area (TPSA) is 41.6 Å². The Balaban J connectivity index is 2.55. The summed E-state index contributed by atoms with van der Waals surface area (Å²) in [6.07, 6.45) is 0. The van der Waals surface area contributed by atoms with Crippen LogP contribution in [0.3, 0.4) is 0 Å². The third-order valence-corrected chi connectivity index (χ3v) is 2.64. The van der Waals surface area contributed by atoms with E-state index in [9.17, 15) is 4.79 Å². The van der Waals surface area contributed by atoms with Gasteiger partial charge in [0.25, 0.3) is 0 Å². The van der Waals surface area contributed by atoms with Gasteiger partial charge < -0.3 is 10.1 Å². The van der Waals surface area contributed by atoms with Crippen molar-refractivity contribution in [3.63, 3.8) is 0 Å². The van der Waals surface area contributed by atoms with Crippen LogP contribution in [0, 0.1) is 5.92 Å². The first kappa shape index (κ1) is 11.5. The average Bonchev–Trinajstić information content (AvgIpc) is 2.41. The van der Waals surface area contributed by atoms with Crippen molar-refractivity contribution in [1.82, 2.24) is 10.2 Å². The number of nitrogens with zero attached hydrogens (tertiary/aromatic N) is 1. The summed E-state index contributed by atoms with van der Waals surface area (Å²) in [5.41, 5.74) is 0. The number of carbonyl (C=O) groups is 1. The number of rotatable bonds is 2. The molecule has 1 unspecified atom stereocenters. The van der Waals surface area contributed by atoms with Gasteiger partial charge in [0.05, 0.1) is 19.1 Å². The standard InChI is InChI=1S/C10H20N2O2/c1-8(2)12-4-5-14-7-9(6-12)10(13)11-3/h8-9H,4-7H2,1-3H3,(H,11,13). The second-order valence-corrected chi connectivity index (χ2v) is 3.97. The van der Waals surface area contributed by atoms with Gasteiger partial charge >= 0.3 is 0 Å². The first-order valence-corrected chi connectivity index (χ1v) is 5.18. The Hall–Kier alpha value is -0.610. The van der Waals surface area contributed by atoms with Crippen molar-refractivity contribution in [2.24, 2.45) is 5.92 Å². The zero-order chi connectivity index (χ0) is 10.6. The Morgan fingerprint density at radius 2 is 2.29 bits per heavy atom. The summed E-state index contributed by atoms with van der Waals surface area (Å²) in [4.78, 5) is 13.8. The quantitative estimate of drug-likeness (QED) is 0.687. The molecule has 0 aromatic rings. The Labute approximate surface area is 85.6 Å². The highest BCUT2D eigenvalue weighted by Crippen LogP contribution is 2.09. The van der Waals surface area contributed by atoms with E-state index >= 15 is 0 Å². The summed E-state index contributed by atoms with van der Waals surface area (Å²) < 4.78 is 5.41. The van der Waals surface area contributed by atoms with Crippen molar-refractivity contribution in [3.05, 3.63) is 0 Å². The molecule has 1 fully saturated rings. The molecule has 1 aliphatic rings. The van der Waals surface area contributed by atoms with Crippen LogP contribution >= 0.6 is 0 Å². The van der Waals surface area contributed by atoms with E-state index in [1.54, 1.807) is 7.05 Å². The molecule has 1 atom stereocenters. The second kappa shape index (κ2) is 5.32. The first-order valence-electron chi connectivity index (χ1n) is 5.18. The lowest BCUT2D eigenvalue weighted by atomic mass is 10.1. The van der Waals surface area contributed by atoms with Gasteiger partial charge in [-0.15, -0.1) is 0 Å². The number of carbonyl (C=O) groups excluding carboxylic acids is 1. The molecular formula is C10H20N2O2. The molecule has 1 amide bonds. The van der Waals surface area contributed by atoms with Gasteiger partial charge in [-0.2, -0.15) is 0 Å². The van der Waals surface area contributed by atoms with Gasteiger partial charge in [0.2, 0.25) is 5.91 Å². The molecule has 0 saturated carbocycles. The summed E-state index contributed by atoms with van der Waals surface area (Å²) in [6, 6.07) is 0.476. The lowest BCUT2D eigenvalue weighted by molar-refractivity contribution is -0.126. The molecule has 1 N–H and O–H groups in total. The molecule has 0 radical (unpaired) electrons. The first-order chi connectivity index (χ1) is 6.65. The number of hydrogen-bond donors (Lipinski definition) is 1. The van der Waals surface area contributed by atoms with Crippen molar-refractivity contribution in [2.75, 3.05) is 33.4 Å². The van der Waals surface area contributed by atoms with Crippen LogP contribution in [0.15, 0.2) is 0 Å². The van der Waals surface area contributed by atoms with E-state index in [0.29, 0.717) is 12.6 Å². The third kappa shape index (κ3) is 2.96. The van der Waals surface area contributed by atoms with Crippen LogP contribution in [0.25, 0.3) is 0 Å². The van der Waals surface area contributed by atoms with E-state index in [4.69, 9.17) is 4.74 Å². The van der Waals surface area contributed by atoms with E-state index in [1.807, 2.05) is 0 Å². The molecular weight excluding hydrogens is 180 g/mol. The fourth-order valence-electron chi connectivity index (χ4n) is 1.67. The smallest absolute Gasteiger partial charge is 0.226 e. The maximum absolute atomic E-state index is 11.5. The van der Waals surface area contributed by atoms with Crippen molar-refractivity contribution in [1.29, 1.82) is 0 Å². The molecule has 0 aromatic carbocycles. The monoisotopic (exact) mass is 200 g/mol. The SMILES string of the molecule is CNC(=O)C1COCCN(C(C)C)C1. The van der Waals surface area contributed by atoms with Crippen LogP contribution in [0.4, 0.5) is 0 Å². The summed E-state index contributed by atoms with van der Waals surface area (Å²) in [6.45, 7) is 7.29. The van der Waals surface area contributed by atoms with Gasteiger partial charge in [-0.3, -0.25) is 9.69 Å². The molecule has 4 nitrogen and oxygen atoms in total. The van der Waals surface area contributed by atoms with Crippen LogP contribution in [0.1, 0.15) is 13.8 Å². The van der Waals surface area contributed by atoms with E-state index in [0.717, 1.165) is 19.7 Å². The fourth-order valence-corrected chi connectivity index (χ4v) is 1.67. The number of ether oxygens (including phenoxy) is 1. The van der Waals surface area contributed by atoms with Crippen LogP contribution < -0.4 is 5.32 Å². The maximum atomic E-state index is 11.5. The van der Waals surface area contributed by atoms with Gasteiger partial charge in [0.15, 0.2) is 0 Å². The van der Waals surface area contributed by atoms with Gasteiger partial charge in [-0.05, 0) is 13.8 Å². The predicted molar refractivity (Wildman–Crippen MR) is 55.1 cm³/mol. The molecule has 1 heterocycles. The van der Waals surface area contributed by atoms with E-state index in [2.05, 4.69) is 24.1 Å². The van der Waals surface area contributed by atoms with Gasteiger partial charge in [0, 0.05) is 26.2 Å². The Bertz CT molecular complexity index is 195. The van der Waals surface area contributed by atoms with Crippen molar-refractivity contribution < 1.29 is 9.53 Å². The molecule has 1 saturated heterocycles. The summed E-state index contributed by atoms with van der Waals surface area (Å²) in [7, 11) is 1.67. The van der Waals surface area contributed by atoms with Crippen molar-refractivity contribution >= 4 is 5.91 Å². The predicted octanol–water partition coefficient (Wildman–Crippen LogP) is 0.0892. The van der Waals surface area contributed by atoms with Crippen molar-refractivity contribution in [3.8, 4) is 0 Å². The van der Waals surface area contributed by atoms with Gasteiger partial charge in [-0.25, -0.2) is 0 Å². The summed E-state index contributed by atoms with van der Waals surface area (Å²) in [5.74, 6) is 0.0578. The highest BCUT2D eigenvalue weighted by molar-refractivity contribution is 5.78. The summed E-state index contributed by atoms with van der Waals surface area (Å²) in [5, 5.41) is 2.68. The molecule has 1 aliphatic heterocycles. The molecule has 14 heavy (non-hydrogen) atoms. The maximum Gasteiger partial charge on any atom is 0.226 e. The largest absolute Gasteiger partial charge is 0.379 e. The Morgan fingerprint density at radius 1 is 1.57 bits per heavy atom. The highest BCUT2D eigenvalue weighted by atomic mass is 16.5. The Kier molecular flexibility index (Phi) is 4.35. The molecule has 4 heteroatoms. The molecule has 0 bridgehead atoms. The molecule has 82 valence electrons.